The van der Waals surface area contributed by atoms with Gasteiger partial charge in [0.2, 0.25) is 0 Å². The SMILES string of the molecule is CCCC1(C(=O)O)CCN(CCC(C)c2ccccc2)C1. The molecule has 2 atom stereocenters. The molecule has 0 spiro atoms. The van der Waals surface area contributed by atoms with E-state index in [1.807, 2.05) is 6.07 Å². The first kappa shape index (κ1) is 16.0. The first-order valence-electron chi connectivity index (χ1n) is 8.08. The van der Waals surface area contributed by atoms with Crippen LogP contribution < -0.4 is 0 Å². The van der Waals surface area contributed by atoms with E-state index in [4.69, 9.17) is 0 Å². The minimum atomic E-state index is -0.608. The van der Waals surface area contributed by atoms with Crippen LogP contribution in [0.3, 0.4) is 0 Å². The lowest BCUT2D eigenvalue weighted by Crippen LogP contribution is -2.35. The lowest BCUT2D eigenvalue weighted by molar-refractivity contribution is -0.148. The van der Waals surface area contributed by atoms with Crippen LogP contribution in [0.15, 0.2) is 30.3 Å². The topological polar surface area (TPSA) is 40.5 Å². The molecule has 0 amide bonds. The summed E-state index contributed by atoms with van der Waals surface area (Å²) in [6, 6.07) is 10.6. The van der Waals surface area contributed by atoms with Crippen molar-refractivity contribution in [2.45, 2.75) is 45.4 Å². The number of nitrogens with zero attached hydrogens (tertiary/aromatic N) is 1. The molecule has 1 fully saturated rings. The Balaban J connectivity index is 1.87. The van der Waals surface area contributed by atoms with Gasteiger partial charge in [0.05, 0.1) is 5.41 Å². The molecule has 0 aliphatic carbocycles. The average molecular weight is 289 g/mol. The summed E-state index contributed by atoms with van der Waals surface area (Å²) in [6.45, 7) is 6.97. The van der Waals surface area contributed by atoms with Crippen LogP contribution in [0, 0.1) is 5.41 Å². The zero-order chi connectivity index (χ0) is 15.3. The molecular formula is C18H27NO2. The van der Waals surface area contributed by atoms with Crippen LogP contribution in [-0.4, -0.2) is 35.6 Å². The van der Waals surface area contributed by atoms with Gasteiger partial charge >= 0.3 is 5.97 Å². The van der Waals surface area contributed by atoms with Crippen molar-refractivity contribution in [3.05, 3.63) is 35.9 Å². The number of hydrogen-bond donors (Lipinski definition) is 1. The minimum Gasteiger partial charge on any atom is -0.481 e. The molecule has 0 bridgehead atoms. The first-order chi connectivity index (χ1) is 10.1. The van der Waals surface area contributed by atoms with Gasteiger partial charge in [-0.3, -0.25) is 4.79 Å². The number of carboxylic acids is 1. The number of hydrogen-bond acceptors (Lipinski definition) is 2. The highest BCUT2D eigenvalue weighted by molar-refractivity contribution is 5.75. The fourth-order valence-electron chi connectivity index (χ4n) is 3.44. The molecule has 1 aromatic rings. The van der Waals surface area contributed by atoms with Crippen LogP contribution in [-0.2, 0) is 4.79 Å². The molecule has 2 unspecified atom stereocenters. The second kappa shape index (κ2) is 7.08. The van der Waals surface area contributed by atoms with Crippen molar-refractivity contribution < 1.29 is 9.90 Å². The monoisotopic (exact) mass is 289 g/mol. The van der Waals surface area contributed by atoms with Crippen molar-refractivity contribution in [1.82, 2.24) is 4.90 Å². The van der Waals surface area contributed by atoms with E-state index >= 15 is 0 Å². The molecule has 3 heteroatoms. The van der Waals surface area contributed by atoms with Gasteiger partial charge in [-0.25, -0.2) is 0 Å². The van der Waals surface area contributed by atoms with Crippen molar-refractivity contribution in [3.8, 4) is 0 Å². The molecule has 1 aromatic carbocycles. The summed E-state index contributed by atoms with van der Waals surface area (Å²) in [6.07, 6.45) is 3.63. The zero-order valence-electron chi connectivity index (χ0n) is 13.2. The molecule has 3 nitrogen and oxygen atoms in total. The number of carboxylic acid groups (broad SMARTS) is 1. The Morgan fingerprint density at radius 2 is 2.10 bits per heavy atom. The predicted molar refractivity (Wildman–Crippen MR) is 85.5 cm³/mol. The van der Waals surface area contributed by atoms with Crippen molar-refractivity contribution in [3.63, 3.8) is 0 Å². The highest BCUT2D eigenvalue weighted by atomic mass is 16.4. The van der Waals surface area contributed by atoms with Crippen LogP contribution >= 0.6 is 0 Å². The maximum atomic E-state index is 11.6. The van der Waals surface area contributed by atoms with Gasteiger partial charge < -0.3 is 10.0 Å². The molecular weight excluding hydrogens is 262 g/mol. The molecule has 0 aromatic heterocycles. The molecule has 0 radical (unpaired) electrons. The van der Waals surface area contributed by atoms with Crippen molar-refractivity contribution >= 4 is 5.97 Å². The summed E-state index contributed by atoms with van der Waals surface area (Å²) in [5, 5.41) is 9.54. The Morgan fingerprint density at radius 1 is 1.38 bits per heavy atom. The van der Waals surface area contributed by atoms with Gasteiger partial charge in [0.15, 0.2) is 0 Å². The van der Waals surface area contributed by atoms with E-state index in [2.05, 4.69) is 43.0 Å². The quantitative estimate of drug-likeness (QED) is 0.831. The predicted octanol–water partition coefficient (Wildman–Crippen LogP) is 3.76. The normalized spacial score (nSPS) is 24.1. The van der Waals surface area contributed by atoms with E-state index in [1.165, 1.54) is 5.56 Å². The number of aliphatic carboxylic acids is 1. The number of carbonyl (C=O) groups is 1. The molecule has 1 heterocycles. The smallest absolute Gasteiger partial charge is 0.310 e. The fourth-order valence-corrected chi connectivity index (χ4v) is 3.44. The van der Waals surface area contributed by atoms with Gasteiger partial charge in [-0.05, 0) is 43.8 Å². The third kappa shape index (κ3) is 3.85. The molecule has 21 heavy (non-hydrogen) atoms. The molecule has 1 aliphatic heterocycles. The molecule has 116 valence electrons. The average Bonchev–Trinajstić information content (AvgIpc) is 2.91. The van der Waals surface area contributed by atoms with Gasteiger partial charge in [0.1, 0.15) is 0 Å². The maximum Gasteiger partial charge on any atom is 0.310 e. The maximum absolute atomic E-state index is 11.6. The number of rotatable bonds is 7. The number of benzene rings is 1. The summed E-state index contributed by atoms with van der Waals surface area (Å²) >= 11 is 0. The van der Waals surface area contributed by atoms with Crippen LogP contribution in [0.4, 0.5) is 0 Å². The Bertz CT molecular complexity index is 460. The highest BCUT2D eigenvalue weighted by Crippen LogP contribution is 2.36. The summed E-state index contributed by atoms with van der Waals surface area (Å²) in [5.74, 6) is -0.0832. The fraction of sp³-hybridized carbons (Fsp3) is 0.611. The Morgan fingerprint density at radius 3 is 2.71 bits per heavy atom. The van der Waals surface area contributed by atoms with E-state index in [0.29, 0.717) is 5.92 Å². The second-order valence-electron chi connectivity index (χ2n) is 6.46. The highest BCUT2D eigenvalue weighted by Gasteiger charge is 2.43. The van der Waals surface area contributed by atoms with Gasteiger partial charge in [0, 0.05) is 6.54 Å². The standard InChI is InChI=1S/C18H27NO2/c1-3-10-18(17(20)21)11-13-19(14-18)12-9-15(2)16-7-5-4-6-8-16/h4-8,15H,3,9-14H2,1-2H3,(H,20,21). The van der Waals surface area contributed by atoms with Crippen LogP contribution in [0.1, 0.15) is 51.0 Å². The second-order valence-corrected chi connectivity index (χ2v) is 6.46. The largest absolute Gasteiger partial charge is 0.481 e. The van der Waals surface area contributed by atoms with Crippen molar-refractivity contribution in [2.24, 2.45) is 5.41 Å². The lowest BCUT2D eigenvalue weighted by Gasteiger charge is -2.25. The Hall–Kier alpha value is -1.35. The summed E-state index contributed by atoms with van der Waals surface area (Å²) in [7, 11) is 0. The molecule has 0 saturated carbocycles. The molecule has 1 N–H and O–H groups in total. The van der Waals surface area contributed by atoms with Crippen LogP contribution in [0.5, 0.6) is 0 Å². The molecule has 2 rings (SSSR count). The lowest BCUT2D eigenvalue weighted by atomic mass is 9.83. The summed E-state index contributed by atoms with van der Waals surface area (Å²) in [4.78, 5) is 13.9. The minimum absolute atomic E-state index is 0.495. The van der Waals surface area contributed by atoms with Crippen molar-refractivity contribution in [1.29, 1.82) is 0 Å². The first-order valence-corrected chi connectivity index (χ1v) is 8.08. The van der Waals surface area contributed by atoms with E-state index in [0.717, 1.165) is 45.3 Å². The van der Waals surface area contributed by atoms with E-state index in [-0.39, 0.29) is 0 Å². The summed E-state index contributed by atoms with van der Waals surface area (Å²) < 4.78 is 0. The molecule has 1 saturated heterocycles. The summed E-state index contributed by atoms with van der Waals surface area (Å²) in [5.41, 5.74) is 0.875. The van der Waals surface area contributed by atoms with Crippen LogP contribution in [0.25, 0.3) is 0 Å². The van der Waals surface area contributed by atoms with Gasteiger partial charge in [-0.15, -0.1) is 0 Å². The zero-order valence-corrected chi connectivity index (χ0v) is 13.2. The Kier molecular flexibility index (Phi) is 5.40. The van der Waals surface area contributed by atoms with Gasteiger partial charge in [-0.2, -0.15) is 0 Å². The van der Waals surface area contributed by atoms with E-state index < -0.39 is 11.4 Å². The van der Waals surface area contributed by atoms with Gasteiger partial charge in [0.25, 0.3) is 0 Å². The number of likely N-dealkylation sites (tertiary alicyclic amines) is 1. The van der Waals surface area contributed by atoms with Crippen molar-refractivity contribution in [2.75, 3.05) is 19.6 Å². The van der Waals surface area contributed by atoms with Crippen LogP contribution in [0.2, 0.25) is 0 Å². The third-order valence-electron chi connectivity index (χ3n) is 4.86. The third-order valence-corrected chi connectivity index (χ3v) is 4.86. The molecule has 1 aliphatic rings. The van der Waals surface area contributed by atoms with E-state index in [1.54, 1.807) is 0 Å². The Labute approximate surface area is 128 Å². The van der Waals surface area contributed by atoms with E-state index in [9.17, 15) is 9.90 Å². The van der Waals surface area contributed by atoms with Gasteiger partial charge in [-0.1, -0.05) is 50.6 Å².